The van der Waals surface area contributed by atoms with Crippen molar-refractivity contribution in [2.45, 2.75) is 51.4 Å². The molecule has 3 heterocycles. The second-order valence-corrected chi connectivity index (χ2v) is 12.0. The summed E-state index contributed by atoms with van der Waals surface area (Å²) in [4.78, 5) is 43.9. The van der Waals surface area contributed by atoms with Crippen molar-refractivity contribution < 1.29 is 14.4 Å². The van der Waals surface area contributed by atoms with Crippen LogP contribution in [0.3, 0.4) is 0 Å². The Kier molecular flexibility index (Phi) is 7.11. The van der Waals surface area contributed by atoms with Crippen LogP contribution in [0.5, 0.6) is 0 Å². The first kappa shape index (κ1) is 27.2. The van der Waals surface area contributed by atoms with E-state index in [4.69, 9.17) is 34.8 Å². The van der Waals surface area contributed by atoms with E-state index in [2.05, 4.69) is 35.1 Å². The Morgan fingerprint density at radius 1 is 0.975 bits per heavy atom. The van der Waals surface area contributed by atoms with Crippen LogP contribution in [-0.4, -0.2) is 79.1 Å². The molecule has 1 fully saturated rings. The molecular weight excluding hydrogens is 575 g/mol. The van der Waals surface area contributed by atoms with Crippen LogP contribution in [0.1, 0.15) is 63.8 Å². The molecule has 0 unspecified atom stereocenters. The normalized spacial score (nSPS) is 22.7. The standard InChI is InChI=1S/C28H27Cl3N6O3/c1-15-10-34(26(38)14-36-27(39)21-8-23(30)24(31)9-22(21)28(36)40)11-16(2)35(15)12-19-13-37(33-32-19)25-6-3-17-7-18(29)4-5-20(17)25/h4-5,7-9,13,15-16,25H,3,6,10-12,14H2,1-2H3/t15-,16+,25-/m1/s1. The Morgan fingerprint density at radius 2 is 1.62 bits per heavy atom. The molecule has 1 saturated heterocycles. The highest BCUT2D eigenvalue weighted by molar-refractivity contribution is 6.43. The number of carbonyl (C=O) groups excluding carboxylic acids is 3. The molecule has 208 valence electrons. The molecule has 0 radical (unpaired) electrons. The first-order valence-electron chi connectivity index (χ1n) is 13.2. The predicted octanol–water partition coefficient (Wildman–Crippen LogP) is 4.49. The second kappa shape index (κ2) is 10.4. The van der Waals surface area contributed by atoms with E-state index in [9.17, 15) is 14.4 Å². The van der Waals surface area contributed by atoms with Gasteiger partial charge in [0, 0.05) is 36.7 Å². The number of rotatable bonds is 5. The summed E-state index contributed by atoms with van der Waals surface area (Å²) in [6.07, 6.45) is 3.92. The Labute approximate surface area is 246 Å². The molecule has 1 aliphatic carbocycles. The quantitative estimate of drug-likeness (QED) is 0.400. The van der Waals surface area contributed by atoms with E-state index in [0.717, 1.165) is 28.5 Å². The number of fused-ring (bicyclic) bond motifs is 2. The van der Waals surface area contributed by atoms with Crippen molar-refractivity contribution in [1.29, 1.82) is 0 Å². The van der Waals surface area contributed by atoms with Crippen LogP contribution in [0.4, 0.5) is 0 Å². The lowest BCUT2D eigenvalue weighted by Gasteiger charge is -2.44. The molecule has 2 aromatic carbocycles. The minimum atomic E-state index is -0.539. The van der Waals surface area contributed by atoms with E-state index in [1.807, 2.05) is 23.0 Å². The number of piperazine rings is 1. The zero-order valence-corrected chi connectivity index (χ0v) is 24.2. The van der Waals surface area contributed by atoms with Crippen LogP contribution in [0.2, 0.25) is 15.1 Å². The molecule has 40 heavy (non-hydrogen) atoms. The second-order valence-electron chi connectivity index (χ2n) is 10.8. The lowest BCUT2D eigenvalue weighted by molar-refractivity contribution is -0.136. The number of hydrogen-bond donors (Lipinski definition) is 0. The number of amides is 3. The third kappa shape index (κ3) is 4.79. The van der Waals surface area contributed by atoms with Crippen LogP contribution < -0.4 is 0 Å². The van der Waals surface area contributed by atoms with Crippen molar-refractivity contribution >= 4 is 52.5 Å². The van der Waals surface area contributed by atoms with Crippen LogP contribution in [-0.2, 0) is 17.8 Å². The maximum Gasteiger partial charge on any atom is 0.262 e. The van der Waals surface area contributed by atoms with Crippen molar-refractivity contribution in [2.75, 3.05) is 19.6 Å². The average molecular weight is 602 g/mol. The molecule has 6 rings (SSSR count). The van der Waals surface area contributed by atoms with E-state index in [1.54, 1.807) is 4.90 Å². The minimum Gasteiger partial charge on any atom is -0.338 e. The Morgan fingerprint density at radius 3 is 2.27 bits per heavy atom. The Bertz CT molecular complexity index is 1490. The summed E-state index contributed by atoms with van der Waals surface area (Å²) in [6.45, 7) is 5.32. The van der Waals surface area contributed by atoms with Gasteiger partial charge in [-0.3, -0.25) is 24.2 Å². The summed E-state index contributed by atoms with van der Waals surface area (Å²) in [5, 5.41) is 10.0. The monoisotopic (exact) mass is 600 g/mol. The molecule has 0 bridgehead atoms. The number of halogens is 3. The number of imide groups is 1. The van der Waals surface area contributed by atoms with Crippen molar-refractivity contribution in [2.24, 2.45) is 0 Å². The van der Waals surface area contributed by atoms with Crippen LogP contribution in [0, 0.1) is 0 Å². The van der Waals surface area contributed by atoms with Crippen molar-refractivity contribution in [1.82, 2.24) is 29.7 Å². The van der Waals surface area contributed by atoms with Gasteiger partial charge in [0.25, 0.3) is 11.8 Å². The van der Waals surface area contributed by atoms with Gasteiger partial charge in [0.2, 0.25) is 5.91 Å². The number of benzene rings is 2. The number of aryl methyl sites for hydroxylation is 1. The van der Waals surface area contributed by atoms with Crippen molar-refractivity contribution in [3.8, 4) is 0 Å². The first-order valence-corrected chi connectivity index (χ1v) is 14.3. The third-order valence-corrected chi connectivity index (χ3v) is 9.09. The molecular formula is C28H27Cl3N6O3. The molecule has 3 atom stereocenters. The predicted molar refractivity (Wildman–Crippen MR) is 151 cm³/mol. The average Bonchev–Trinajstić information content (AvgIpc) is 3.60. The first-order chi connectivity index (χ1) is 19.1. The third-order valence-electron chi connectivity index (χ3n) is 8.13. The van der Waals surface area contributed by atoms with E-state index in [0.29, 0.717) is 19.6 Å². The molecule has 3 aromatic rings. The Hall–Kier alpha value is -2.98. The van der Waals surface area contributed by atoms with Gasteiger partial charge in [0.1, 0.15) is 6.54 Å². The summed E-state index contributed by atoms with van der Waals surface area (Å²) in [7, 11) is 0. The SMILES string of the molecule is C[C@@H]1CN(C(=O)CN2C(=O)c3cc(Cl)c(Cl)cc3C2=O)C[C@H](C)N1Cc1cn([C@@H]2CCc3cc(Cl)ccc32)nn1. The number of nitrogens with zero attached hydrogens (tertiary/aromatic N) is 6. The molecule has 12 heteroatoms. The van der Waals surface area contributed by atoms with Gasteiger partial charge < -0.3 is 4.90 Å². The van der Waals surface area contributed by atoms with Gasteiger partial charge in [-0.15, -0.1) is 5.10 Å². The Balaban J connectivity index is 1.09. The maximum absolute atomic E-state index is 13.2. The maximum atomic E-state index is 13.2. The summed E-state index contributed by atoms with van der Waals surface area (Å²) in [5.41, 5.74) is 3.68. The van der Waals surface area contributed by atoms with Gasteiger partial charge in [-0.25, -0.2) is 4.68 Å². The molecule has 0 saturated carbocycles. The van der Waals surface area contributed by atoms with Crippen molar-refractivity contribution in [3.05, 3.63) is 79.5 Å². The number of hydrogen-bond acceptors (Lipinski definition) is 6. The van der Waals surface area contributed by atoms with Crippen LogP contribution >= 0.6 is 34.8 Å². The van der Waals surface area contributed by atoms with Gasteiger partial charge in [-0.05, 0) is 62.1 Å². The van der Waals surface area contributed by atoms with E-state index < -0.39 is 11.8 Å². The highest BCUT2D eigenvalue weighted by Crippen LogP contribution is 2.35. The van der Waals surface area contributed by atoms with Gasteiger partial charge in [-0.2, -0.15) is 0 Å². The molecule has 1 aromatic heterocycles. The van der Waals surface area contributed by atoms with E-state index in [-0.39, 0.29) is 51.7 Å². The van der Waals surface area contributed by atoms with E-state index in [1.165, 1.54) is 23.3 Å². The van der Waals surface area contributed by atoms with Gasteiger partial charge in [0.15, 0.2) is 0 Å². The molecule has 0 N–H and O–H groups in total. The zero-order chi connectivity index (χ0) is 28.3. The van der Waals surface area contributed by atoms with E-state index >= 15 is 0 Å². The van der Waals surface area contributed by atoms with Gasteiger partial charge in [0.05, 0.1) is 39.1 Å². The largest absolute Gasteiger partial charge is 0.338 e. The smallest absolute Gasteiger partial charge is 0.262 e. The summed E-state index contributed by atoms with van der Waals surface area (Å²) in [5.74, 6) is -1.36. The molecule has 2 aliphatic heterocycles. The fourth-order valence-electron chi connectivity index (χ4n) is 6.10. The van der Waals surface area contributed by atoms with Gasteiger partial charge in [-0.1, -0.05) is 46.1 Å². The fourth-order valence-corrected chi connectivity index (χ4v) is 6.62. The highest BCUT2D eigenvalue weighted by Gasteiger charge is 2.40. The number of carbonyl (C=O) groups is 3. The fraction of sp³-hybridized carbons (Fsp3) is 0.393. The van der Waals surface area contributed by atoms with Crippen LogP contribution in [0.15, 0.2) is 36.5 Å². The van der Waals surface area contributed by atoms with Crippen molar-refractivity contribution in [3.63, 3.8) is 0 Å². The molecule has 3 amide bonds. The molecule has 0 spiro atoms. The molecule has 3 aliphatic rings. The minimum absolute atomic E-state index is 0.0342. The lowest BCUT2D eigenvalue weighted by atomic mass is 10.1. The molecule has 9 nitrogen and oxygen atoms in total. The summed E-state index contributed by atoms with van der Waals surface area (Å²) < 4.78 is 1.94. The topological polar surface area (TPSA) is 91.6 Å². The lowest BCUT2D eigenvalue weighted by Crippen LogP contribution is -2.59. The number of aromatic nitrogens is 3. The van der Waals surface area contributed by atoms with Gasteiger partial charge >= 0.3 is 0 Å². The zero-order valence-electron chi connectivity index (χ0n) is 22.0. The summed E-state index contributed by atoms with van der Waals surface area (Å²) >= 11 is 18.2. The van der Waals surface area contributed by atoms with Crippen LogP contribution in [0.25, 0.3) is 0 Å². The summed E-state index contributed by atoms with van der Waals surface area (Å²) in [6, 6.07) is 8.99. The highest BCUT2D eigenvalue weighted by atomic mass is 35.5.